The van der Waals surface area contributed by atoms with E-state index < -0.39 is 10.0 Å². The molecule has 1 saturated heterocycles. The minimum Gasteiger partial charge on any atom is -0.374 e. The van der Waals surface area contributed by atoms with Gasteiger partial charge in [0.15, 0.2) is 0 Å². The Bertz CT molecular complexity index is 531. The number of nitrogen functional groups attached to an aromatic ring is 1. The number of nitrogens with one attached hydrogen (secondary N) is 1. The van der Waals surface area contributed by atoms with E-state index in [0.717, 1.165) is 31.0 Å². The van der Waals surface area contributed by atoms with E-state index in [0.29, 0.717) is 6.54 Å². The molecule has 8 nitrogen and oxygen atoms in total. The number of piperazine rings is 1. The molecular formula is C9H18N6O2S2. The van der Waals surface area contributed by atoms with Crippen molar-refractivity contribution < 1.29 is 8.42 Å². The topological polar surface area (TPSA) is 104 Å². The van der Waals surface area contributed by atoms with Crippen LogP contribution in [0.15, 0.2) is 4.34 Å². The Morgan fingerprint density at radius 3 is 2.79 bits per heavy atom. The van der Waals surface area contributed by atoms with Crippen LogP contribution < -0.4 is 10.5 Å². The maximum Gasteiger partial charge on any atom is 0.269 e. The third kappa shape index (κ3) is 3.60. The lowest BCUT2D eigenvalue weighted by molar-refractivity contribution is 0.117. The number of hydrogen-bond donors (Lipinski definition) is 2. The van der Waals surface area contributed by atoms with Crippen LogP contribution in [0.5, 0.6) is 0 Å². The molecule has 0 bridgehead atoms. The molecule has 1 aliphatic heterocycles. The van der Waals surface area contributed by atoms with Gasteiger partial charge >= 0.3 is 0 Å². The van der Waals surface area contributed by atoms with Gasteiger partial charge in [-0.1, -0.05) is 11.3 Å². The van der Waals surface area contributed by atoms with Gasteiger partial charge in [0.1, 0.15) is 0 Å². The number of likely N-dealkylation sites (N-methyl/N-ethyl adjacent to an activating group) is 2. The fraction of sp³-hybridized carbons (Fsp3) is 0.778. The molecule has 2 rings (SSSR count). The average molecular weight is 306 g/mol. The normalized spacial score (nSPS) is 22.7. The van der Waals surface area contributed by atoms with Crippen LogP contribution in [0, 0.1) is 0 Å². The van der Waals surface area contributed by atoms with Crippen molar-refractivity contribution >= 4 is 26.5 Å². The molecule has 0 amide bonds. The second-order valence-electron chi connectivity index (χ2n) is 4.65. The molecule has 1 fully saturated rings. The molecule has 2 heterocycles. The van der Waals surface area contributed by atoms with E-state index in [-0.39, 0.29) is 15.5 Å². The predicted octanol–water partition coefficient (Wildman–Crippen LogP) is -1.36. The number of nitrogens with zero attached hydrogens (tertiary/aromatic N) is 4. The number of sulfonamides is 1. The van der Waals surface area contributed by atoms with Crippen LogP contribution in [0.1, 0.15) is 0 Å². The molecular weight excluding hydrogens is 288 g/mol. The summed E-state index contributed by atoms with van der Waals surface area (Å²) in [6.45, 7) is 3.10. The molecule has 19 heavy (non-hydrogen) atoms. The van der Waals surface area contributed by atoms with Gasteiger partial charge in [-0.05, 0) is 14.1 Å². The quantitative estimate of drug-likeness (QED) is 0.708. The largest absolute Gasteiger partial charge is 0.374 e. The van der Waals surface area contributed by atoms with Gasteiger partial charge in [-0.2, -0.15) is 0 Å². The highest BCUT2D eigenvalue weighted by atomic mass is 32.2. The highest BCUT2D eigenvalue weighted by molar-refractivity contribution is 7.91. The lowest BCUT2D eigenvalue weighted by Crippen LogP contribution is -2.54. The molecule has 0 aliphatic carbocycles. The maximum absolute atomic E-state index is 12.0. The molecule has 0 radical (unpaired) electrons. The van der Waals surface area contributed by atoms with Crippen LogP contribution in [0.2, 0.25) is 0 Å². The van der Waals surface area contributed by atoms with Gasteiger partial charge in [-0.25, -0.2) is 13.1 Å². The van der Waals surface area contributed by atoms with Crippen LogP contribution in [-0.4, -0.2) is 74.7 Å². The molecule has 0 spiro atoms. The molecule has 0 saturated carbocycles. The standard InChI is InChI=1S/C9H18N6O2S2/c1-14-3-4-15(2)7(6-14)5-11-19(16,17)9-13-12-8(10)18-9/h7,11H,3-6H2,1-2H3,(H2,10,12). The zero-order chi connectivity index (χ0) is 14.0. The van der Waals surface area contributed by atoms with Gasteiger partial charge in [0.2, 0.25) is 9.47 Å². The molecule has 3 N–H and O–H groups in total. The molecule has 108 valence electrons. The van der Waals surface area contributed by atoms with Crippen molar-refractivity contribution in [3.8, 4) is 0 Å². The number of rotatable bonds is 4. The average Bonchev–Trinajstić information content (AvgIpc) is 2.78. The van der Waals surface area contributed by atoms with Crippen LogP contribution >= 0.6 is 11.3 Å². The Hall–Kier alpha value is -0.810. The lowest BCUT2D eigenvalue weighted by Gasteiger charge is -2.37. The molecule has 10 heteroatoms. The second-order valence-corrected chi connectivity index (χ2v) is 7.60. The monoisotopic (exact) mass is 306 g/mol. The van der Waals surface area contributed by atoms with E-state index >= 15 is 0 Å². The lowest BCUT2D eigenvalue weighted by atomic mass is 10.2. The Kier molecular flexibility index (Phi) is 4.36. The van der Waals surface area contributed by atoms with Crippen LogP contribution in [0.4, 0.5) is 5.13 Å². The van der Waals surface area contributed by atoms with Gasteiger partial charge in [-0.15, -0.1) is 10.2 Å². The van der Waals surface area contributed by atoms with E-state index in [2.05, 4.69) is 24.7 Å². The van der Waals surface area contributed by atoms with E-state index in [1.54, 1.807) is 0 Å². The van der Waals surface area contributed by atoms with E-state index in [1.807, 2.05) is 14.1 Å². The third-order valence-electron chi connectivity index (χ3n) is 3.14. The number of anilines is 1. The van der Waals surface area contributed by atoms with E-state index in [9.17, 15) is 8.42 Å². The minimum atomic E-state index is -3.61. The van der Waals surface area contributed by atoms with Crippen molar-refractivity contribution in [1.82, 2.24) is 24.7 Å². The van der Waals surface area contributed by atoms with Crippen molar-refractivity contribution in [1.29, 1.82) is 0 Å². The summed E-state index contributed by atoms with van der Waals surface area (Å²) in [4.78, 5) is 4.33. The summed E-state index contributed by atoms with van der Waals surface area (Å²) in [5, 5.41) is 7.22. The third-order valence-corrected chi connectivity index (χ3v) is 5.68. The van der Waals surface area contributed by atoms with Gasteiger partial charge in [-0.3, -0.25) is 4.90 Å². The molecule has 1 aromatic heterocycles. The highest BCUT2D eigenvalue weighted by Gasteiger charge is 2.26. The van der Waals surface area contributed by atoms with Crippen molar-refractivity contribution in [3.63, 3.8) is 0 Å². The summed E-state index contributed by atoms with van der Waals surface area (Å²) in [5.41, 5.74) is 5.39. The fourth-order valence-corrected chi connectivity index (χ4v) is 3.82. The van der Waals surface area contributed by atoms with Crippen LogP contribution in [0.25, 0.3) is 0 Å². The Balaban J connectivity index is 1.98. The molecule has 1 aromatic rings. The zero-order valence-electron chi connectivity index (χ0n) is 10.9. The van der Waals surface area contributed by atoms with E-state index in [4.69, 9.17) is 5.73 Å². The van der Waals surface area contributed by atoms with Gasteiger partial charge in [0, 0.05) is 32.2 Å². The van der Waals surface area contributed by atoms with Gasteiger partial charge in [0.05, 0.1) is 0 Å². The minimum absolute atomic E-state index is 0.0863. The second kappa shape index (κ2) is 5.67. The number of aromatic nitrogens is 2. The Morgan fingerprint density at radius 2 is 2.16 bits per heavy atom. The van der Waals surface area contributed by atoms with Crippen LogP contribution in [-0.2, 0) is 10.0 Å². The zero-order valence-corrected chi connectivity index (χ0v) is 12.5. The fourth-order valence-electron chi connectivity index (χ4n) is 1.92. The highest BCUT2D eigenvalue weighted by Crippen LogP contribution is 2.16. The van der Waals surface area contributed by atoms with Crippen molar-refractivity contribution in [3.05, 3.63) is 0 Å². The SMILES string of the molecule is CN1CCN(C)C(CNS(=O)(=O)c2nnc(N)s2)C1. The first-order valence-electron chi connectivity index (χ1n) is 5.86. The van der Waals surface area contributed by atoms with Gasteiger partial charge < -0.3 is 10.6 Å². The number of nitrogens with two attached hydrogens (primary N) is 1. The summed E-state index contributed by atoms with van der Waals surface area (Å²) in [6, 6.07) is 0.152. The van der Waals surface area contributed by atoms with Crippen LogP contribution in [0.3, 0.4) is 0 Å². The summed E-state index contributed by atoms with van der Waals surface area (Å²) < 4.78 is 26.5. The molecule has 1 atom stereocenters. The molecule has 0 aromatic carbocycles. The smallest absolute Gasteiger partial charge is 0.269 e. The number of hydrogen-bond acceptors (Lipinski definition) is 8. The first kappa shape index (κ1) is 14.6. The van der Waals surface area contributed by atoms with Gasteiger partial charge in [0.25, 0.3) is 10.0 Å². The first-order chi connectivity index (χ1) is 8.88. The van der Waals surface area contributed by atoms with Crippen molar-refractivity contribution in [2.45, 2.75) is 10.4 Å². The van der Waals surface area contributed by atoms with E-state index in [1.165, 1.54) is 0 Å². The maximum atomic E-state index is 12.0. The summed E-state index contributed by atoms with van der Waals surface area (Å²) >= 11 is 0.864. The van der Waals surface area contributed by atoms with Crippen molar-refractivity contribution in [2.24, 2.45) is 0 Å². The predicted molar refractivity (Wildman–Crippen MR) is 73.4 cm³/mol. The summed E-state index contributed by atoms with van der Waals surface area (Å²) in [6.07, 6.45) is 0. The summed E-state index contributed by atoms with van der Waals surface area (Å²) in [7, 11) is 0.413. The Labute approximate surface area is 116 Å². The van der Waals surface area contributed by atoms with Crippen molar-refractivity contribution in [2.75, 3.05) is 46.0 Å². The summed E-state index contributed by atoms with van der Waals surface area (Å²) in [5.74, 6) is 0. The first-order valence-corrected chi connectivity index (χ1v) is 8.16. The molecule has 1 unspecified atom stereocenters. The molecule has 1 aliphatic rings. The Morgan fingerprint density at radius 1 is 1.42 bits per heavy atom.